The van der Waals surface area contributed by atoms with E-state index < -0.39 is 20.7 Å². The van der Waals surface area contributed by atoms with Gasteiger partial charge in [0.2, 0.25) is 10.0 Å². The Labute approximate surface area is 124 Å². The molecule has 0 bridgehead atoms. The number of rotatable bonds is 5. The van der Waals surface area contributed by atoms with Crippen molar-refractivity contribution in [2.24, 2.45) is 0 Å². The van der Waals surface area contributed by atoms with Gasteiger partial charge in [0.1, 0.15) is 10.7 Å². The maximum atomic E-state index is 13.7. The van der Waals surface area contributed by atoms with Crippen LogP contribution in [-0.2, 0) is 10.0 Å². The van der Waals surface area contributed by atoms with Crippen LogP contribution in [0.3, 0.4) is 0 Å². The lowest BCUT2D eigenvalue weighted by Crippen LogP contribution is -2.32. The van der Waals surface area contributed by atoms with E-state index in [9.17, 15) is 12.8 Å². The molecule has 0 heterocycles. The topological polar surface area (TPSA) is 72.2 Å². The molecular formula is C11H14BrFN2O2S2. The Kier molecular flexibility index (Phi) is 4.15. The number of nitrogens with two attached hydrogens (primary N) is 1. The van der Waals surface area contributed by atoms with Gasteiger partial charge in [-0.2, -0.15) is 11.8 Å². The SMILES string of the molecule is CSC1(CNS(=O)(=O)c2cc(N)c(Br)cc2F)CC1. The fourth-order valence-electron chi connectivity index (χ4n) is 1.65. The van der Waals surface area contributed by atoms with Gasteiger partial charge in [-0.25, -0.2) is 17.5 Å². The van der Waals surface area contributed by atoms with E-state index in [1.165, 1.54) is 0 Å². The molecule has 106 valence electrons. The molecule has 0 unspecified atom stereocenters. The molecule has 4 nitrogen and oxygen atoms in total. The average molecular weight is 369 g/mol. The van der Waals surface area contributed by atoms with Crippen molar-refractivity contribution in [3.05, 3.63) is 22.4 Å². The first-order valence-electron chi connectivity index (χ1n) is 5.59. The van der Waals surface area contributed by atoms with E-state index >= 15 is 0 Å². The molecule has 1 saturated carbocycles. The van der Waals surface area contributed by atoms with Crippen LogP contribution < -0.4 is 10.5 Å². The van der Waals surface area contributed by atoms with Gasteiger partial charge in [-0.1, -0.05) is 0 Å². The zero-order chi connectivity index (χ0) is 14.3. The Morgan fingerprint density at radius 1 is 1.53 bits per heavy atom. The Bertz CT molecular complexity index is 603. The third-order valence-corrected chi connectivity index (χ3v) is 6.69. The number of hydrogen-bond acceptors (Lipinski definition) is 4. The summed E-state index contributed by atoms with van der Waals surface area (Å²) >= 11 is 4.69. The second-order valence-corrected chi connectivity index (χ2v) is 8.38. The summed E-state index contributed by atoms with van der Waals surface area (Å²) in [5, 5.41) is 0. The summed E-state index contributed by atoms with van der Waals surface area (Å²) in [5.41, 5.74) is 5.78. The predicted octanol–water partition coefficient (Wildman–Crippen LogP) is 2.34. The minimum atomic E-state index is -3.87. The van der Waals surface area contributed by atoms with Gasteiger partial charge in [0.05, 0.1) is 0 Å². The molecule has 1 aliphatic carbocycles. The maximum Gasteiger partial charge on any atom is 0.243 e. The first kappa shape index (κ1) is 15.1. The highest BCUT2D eigenvalue weighted by Gasteiger charge is 2.42. The largest absolute Gasteiger partial charge is 0.398 e. The molecular weight excluding hydrogens is 355 g/mol. The number of thioether (sulfide) groups is 1. The third-order valence-electron chi connectivity index (χ3n) is 3.17. The van der Waals surface area contributed by atoms with Crippen LogP contribution in [0.2, 0.25) is 0 Å². The number of nitrogen functional groups attached to an aromatic ring is 1. The van der Waals surface area contributed by atoms with Gasteiger partial charge in [-0.05, 0) is 47.2 Å². The van der Waals surface area contributed by atoms with Gasteiger partial charge < -0.3 is 5.73 Å². The molecule has 1 aromatic carbocycles. The van der Waals surface area contributed by atoms with E-state index in [-0.39, 0.29) is 10.4 Å². The lowest BCUT2D eigenvalue weighted by Gasteiger charge is -2.14. The molecule has 2 rings (SSSR count). The van der Waals surface area contributed by atoms with E-state index in [0.717, 1.165) is 25.0 Å². The van der Waals surface area contributed by atoms with Crippen molar-refractivity contribution in [3.63, 3.8) is 0 Å². The van der Waals surface area contributed by atoms with Crippen LogP contribution in [0.25, 0.3) is 0 Å². The van der Waals surface area contributed by atoms with Crippen molar-refractivity contribution in [3.8, 4) is 0 Å². The molecule has 0 atom stereocenters. The summed E-state index contributed by atoms with van der Waals surface area (Å²) in [5.74, 6) is -0.817. The summed E-state index contributed by atoms with van der Waals surface area (Å²) in [4.78, 5) is -0.412. The minimum Gasteiger partial charge on any atom is -0.398 e. The molecule has 0 radical (unpaired) electrons. The molecule has 0 amide bonds. The standard InChI is InChI=1S/C11H14BrFN2O2S2/c1-18-11(2-3-11)6-15-19(16,17)10-5-9(14)7(12)4-8(10)13/h4-5,15H,2-3,6,14H2,1H3. The smallest absolute Gasteiger partial charge is 0.243 e. The van der Waals surface area contributed by atoms with Gasteiger partial charge in [0.15, 0.2) is 0 Å². The molecule has 8 heteroatoms. The molecule has 0 aliphatic heterocycles. The van der Waals surface area contributed by atoms with Crippen LogP contribution in [-0.4, -0.2) is 26.0 Å². The average Bonchev–Trinajstić information content (AvgIpc) is 3.12. The van der Waals surface area contributed by atoms with E-state index in [2.05, 4.69) is 20.7 Å². The Balaban J connectivity index is 2.22. The normalized spacial score (nSPS) is 17.4. The zero-order valence-electron chi connectivity index (χ0n) is 10.2. The van der Waals surface area contributed by atoms with Gasteiger partial charge >= 0.3 is 0 Å². The molecule has 0 aromatic heterocycles. The lowest BCUT2D eigenvalue weighted by molar-refractivity contribution is 0.555. The highest BCUT2D eigenvalue weighted by atomic mass is 79.9. The summed E-state index contributed by atoms with van der Waals surface area (Å²) in [6, 6.07) is 2.19. The predicted molar refractivity (Wildman–Crippen MR) is 79.2 cm³/mol. The van der Waals surface area contributed by atoms with Crippen LogP contribution in [0.15, 0.2) is 21.5 Å². The number of halogens is 2. The zero-order valence-corrected chi connectivity index (χ0v) is 13.5. The number of anilines is 1. The molecule has 1 aromatic rings. The Morgan fingerprint density at radius 3 is 2.68 bits per heavy atom. The molecule has 0 spiro atoms. The van der Waals surface area contributed by atoms with Gasteiger partial charge in [0.25, 0.3) is 0 Å². The Hall–Kier alpha value is -0.310. The van der Waals surface area contributed by atoms with Crippen LogP contribution in [0.1, 0.15) is 12.8 Å². The quantitative estimate of drug-likeness (QED) is 0.782. The second kappa shape index (κ2) is 5.23. The fraction of sp³-hybridized carbons (Fsp3) is 0.455. The minimum absolute atomic E-state index is 0.0234. The van der Waals surface area contributed by atoms with E-state index in [1.807, 2.05) is 6.26 Å². The number of sulfonamides is 1. The van der Waals surface area contributed by atoms with E-state index in [1.54, 1.807) is 11.8 Å². The maximum absolute atomic E-state index is 13.7. The first-order chi connectivity index (χ1) is 8.80. The Morgan fingerprint density at radius 2 is 2.16 bits per heavy atom. The molecule has 1 fully saturated rings. The highest BCUT2D eigenvalue weighted by molar-refractivity contribution is 9.10. The summed E-state index contributed by atoms with van der Waals surface area (Å²) in [6.07, 6.45) is 3.89. The lowest BCUT2D eigenvalue weighted by atomic mass is 10.3. The van der Waals surface area contributed by atoms with Gasteiger partial charge in [0, 0.05) is 21.5 Å². The summed E-state index contributed by atoms with van der Waals surface area (Å²) < 4.78 is 40.7. The monoisotopic (exact) mass is 368 g/mol. The van der Waals surface area contributed by atoms with Gasteiger partial charge in [-0.15, -0.1) is 0 Å². The summed E-state index contributed by atoms with van der Waals surface area (Å²) in [7, 11) is -3.87. The molecule has 0 saturated heterocycles. The first-order valence-corrected chi connectivity index (χ1v) is 9.09. The van der Waals surface area contributed by atoms with E-state index in [4.69, 9.17) is 5.73 Å². The number of hydrogen-bond donors (Lipinski definition) is 2. The number of nitrogens with one attached hydrogen (secondary N) is 1. The van der Waals surface area contributed by atoms with Crippen LogP contribution in [0, 0.1) is 5.82 Å². The van der Waals surface area contributed by atoms with Crippen molar-refractivity contribution in [1.29, 1.82) is 0 Å². The molecule has 19 heavy (non-hydrogen) atoms. The van der Waals surface area contributed by atoms with Gasteiger partial charge in [-0.3, -0.25) is 0 Å². The van der Waals surface area contributed by atoms with E-state index in [0.29, 0.717) is 11.0 Å². The third kappa shape index (κ3) is 3.24. The number of benzene rings is 1. The molecule has 1 aliphatic rings. The molecule has 3 N–H and O–H groups in total. The second-order valence-electron chi connectivity index (χ2n) is 4.52. The summed E-state index contributed by atoms with van der Waals surface area (Å²) in [6.45, 7) is 0.311. The highest BCUT2D eigenvalue weighted by Crippen LogP contribution is 2.46. The van der Waals surface area contributed by atoms with Crippen molar-refractivity contribution >= 4 is 43.4 Å². The fourth-order valence-corrected chi connectivity index (χ4v) is 4.00. The van der Waals surface area contributed by atoms with Crippen molar-refractivity contribution < 1.29 is 12.8 Å². The van der Waals surface area contributed by atoms with Crippen molar-refractivity contribution in [1.82, 2.24) is 4.72 Å². The van der Waals surface area contributed by atoms with Crippen LogP contribution in [0.5, 0.6) is 0 Å². The van der Waals surface area contributed by atoms with Crippen LogP contribution >= 0.6 is 27.7 Å². The van der Waals surface area contributed by atoms with Crippen molar-refractivity contribution in [2.75, 3.05) is 18.5 Å². The van der Waals surface area contributed by atoms with Crippen LogP contribution in [0.4, 0.5) is 10.1 Å². The van der Waals surface area contributed by atoms with Crippen molar-refractivity contribution in [2.45, 2.75) is 22.5 Å².